The van der Waals surface area contributed by atoms with E-state index in [-0.39, 0.29) is 12.4 Å². The lowest BCUT2D eigenvalue weighted by Gasteiger charge is -2.14. The van der Waals surface area contributed by atoms with Gasteiger partial charge in [-0.2, -0.15) is 0 Å². The molecule has 0 fully saturated rings. The molecule has 0 heterocycles. The van der Waals surface area contributed by atoms with E-state index in [1.165, 1.54) is 11.1 Å². The van der Waals surface area contributed by atoms with Crippen LogP contribution in [0.25, 0.3) is 0 Å². The van der Waals surface area contributed by atoms with Gasteiger partial charge in [-0.1, -0.05) is 42.5 Å². The summed E-state index contributed by atoms with van der Waals surface area (Å²) < 4.78 is 5.44. The predicted octanol–water partition coefficient (Wildman–Crippen LogP) is 4.36. The first-order valence-corrected chi connectivity index (χ1v) is 6.79. The first-order chi connectivity index (χ1) is 9.29. The molecule has 0 saturated heterocycles. The molecule has 1 atom stereocenters. The molecule has 0 aliphatic carbocycles. The number of hydrogen-bond acceptors (Lipinski definition) is 2. The van der Waals surface area contributed by atoms with Crippen LogP contribution in [0.5, 0.6) is 5.75 Å². The number of halogens is 1. The van der Waals surface area contributed by atoms with Crippen molar-refractivity contribution in [3.63, 3.8) is 0 Å². The van der Waals surface area contributed by atoms with E-state index in [2.05, 4.69) is 48.6 Å². The Labute approximate surface area is 127 Å². The van der Waals surface area contributed by atoms with Crippen molar-refractivity contribution in [1.82, 2.24) is 5.32 Å². The van der Waals surface area contributed by atoms with Crippen LogP contribution in [0.3, 0.4) is 0 Å². The molecule has 0 aliphatic heterocycles. The molecule has 2 aromatic rings. The summed E-state index contributed by atoms with van der Waals surface area (Å²) in [5, 5.41) is 3.53. The molecule has 1 unspecified atom stereocenters. The molecule has 2 rings (SSSR count). The van der Waals surface area contributed by atoms with Gasteiger partial charge in [-0.05, 0) is 37.1 Å². The van der Waals surface area contributed by atoms with Crippen LogP contribution in [0, 0.1) is 0 Å². The van der Waals surface area contributed by atoms with E-state index in [0.29, 0.717) is 12.6 Å². The lowest BCUT2D eigenvalue weighted by molar-refractivity contribution is 0.340. The Balaban J connectivity index is 0.00000200. The van der Waals surface area contributed by atoms with Crippen LogP contribution in [-0.4, -0.2) is 6.61 Å². The molecule has 0 aromatic heterocycles. The summed E-state index contributed by atoms with van der Waals surface area (Å²) in [7, 11) is 0. The van der Waals surface area contributed by atoms with Crippen LogP contribution in [0.1, 0.15) is 31.0 Å². The molecule has 2 aromatic carbocycles. The maximum Gasteiger partial charge on any atom is 0.119 e. The zero-order valence-corrected chi connectivity index (χ0v) is 12.8. The van der Waals surface area contributed by atoms with Gasteiger partial charge in [0.15, 0.2) is 0 Å². The van der Waals surface area contributed by atoms with Gasteiger partial charge in [0.05, 0.1) is 6.61 Å². The highest BCUT2D eigenvalue weighted by atomic mass is 35.5. The summed E-state index contributed by atoms with van der Waals surface area (Å²) >= 11 is 0. The van der Waals surface area contributed by atoms with Crippen molar-refractivity contribution in [2.75, 3.05) is 6.61 Å². The summed E-state index contributed by atoms with van der Waals surface area (Å²) in [6.07, 6.45) is 0. The molecular weight excluding hydrogens is 270 g/mol. The average Bonchev–Trinajstić information content (AvgIpc) is 2.47. The number of rotatable bonds is 6. The molecule has 3 heteroatoms. The Kier molecular flexibility index (Phi) is 7.13. The minimum absolute atomic E-state index is 0. The molecule has 0 bridgehead atoms. The average molecular weight is 292 g/mol. The van der Waals surface area contributed by atoms with E-state index in [4.69, 9.17) is 4.74 Å². The number of nitrogens with one attached hydrogen (secondary N) is 1. The smallest absolute Gasteiger partial charge is 0.119 e. The lowest BCUT2D eigenvalue weighted by Crippen LogP contribution is -2.17. The van der Waals surface area contributed by atoms with Crippen LogP contribution in [0.15, 0.2) is 54.6 Å². The van der Waals surface area contributed by atoms with Crippen molar-refractivity contribution in [2.24, 2.45) is 0 Å². The van der Waals surface area contributed by atoms with Crippen molar-refractivity contribution in [1.29, 1.82) is 0 Å². The second kappa shape index (κ2) is 8.62. The van der Waals surface area contributed by atoms with Gasteiger partial charge < -0.3 is 10.1 Å². The number of hydrogen-bond donors (Lipinski definition) is 1. The molecule has 0 radical (unpaired) electrons. The van der Waals surface area contributed by atoms with Crippen LogP contribution < -0.4 is 10.1 Å². The fourth-order valence-electron chi connectivity index (χ4n) is 2.00. The Hall–Kier alpha value is -1.51. The second-order valence-electron chi connectivity index (χ2n) is 4.59. The van der Waals surface area contributed by atoms with E-state index < -0.39 is 0 Å². The zero-order chi connectivity index (χ0) is 13.5. The van der Waals surface area contributed by atoms with Gasteiger partial charge >= 0.3 is 0 Å². The molecule has 20 heavy (non-hydrogen) atoms. The van der Waals surface area contributed by atoms with E-state index in [0.717, 1.165) is 12.3 Å². The Morgan fingerprint density at radius 3 is 2.25 bits per heavy atom. The monoisotopic (exact) mass is 291 g/mol. The summed E-state index contributed by atoms with van der Waals surface area (Å²) in [4.78, 5) is 0. The minimum Gasteiger partial charge on any atom is -0.494 e. The first-order valence-electron chi connectivity index (χ1n) is 6.79. The second-order valence-corrected chi connectivity index (χ2v) is 4.59. The van der Waals surface area contributed by atoms with Gasteiger partial charge in [-0.3, -0.25) is 0 Å². The third-order valence-electron chi connectivity index (χ3n) is 3.15. The normalized spacial score (nSPS) is 11.5. The largest absolute Gasteiger partial charge is 0.494 e. The highest BCUT2D eigenvalue weighted by Crippen LogP contribution is 2.14. The third kappa shape index (κ3) is 4.87. The Morgan fingerprint density at radius 2 is 1.65 bits per heavy atom. The fourth-order valence-corrected chi connectivity index (χ4v) is 2.00. The van der Waals surface area contributed by atoms with Crippen molar-refractivity contribution >= 4 is 12.4 Å². The SMILES string of the molecule is CCOc1ccc(CNC(C)c2ccccc2)cc1.Cl. The van der Waals surface area contributed by atoms with Gasteiger partial charge in [-0.25, -0.2) is 0 Å². The Bertz CT molecular complexity index is 484. The van der Waals surface area contributed by atoms with Crippen LogP contribution in [-0.2, 0) is 6.54 Å². The lowest BCUT2D eigenvalue weighted by atomic mass is 10.1. The maximum atomic E-state index is 5.44. The van der Waals surface area contributed by atoms with Gasteiger partial charge in [0.1, 0.15) is 5.75 Å². The van der Waals surface area contributed by atoms with Crippen molar-refractivity contribution in [3.05, 3.63) is 65.7 Å². The topological polar surface area (TPSA) is 21.3 Å². The molecule has 0 spiro atoms. The summed E-state index contributed by atoms with van der Waals surface area (Å²) in [5.41, 5.74) is 2.58. The van der Waals surface area contributed by atoms with E-state index >= 15 is 0 Å². The van der Waals surface area contributed by atoms with Crippen LogP contribution in [0.4, 0.5) is 0 Å². The van der Waals surface area contributed by atoms with Gasteiger partial charge in [0.2, 0.25) is 0 Å². The zero-order valence-electron chi connectivity index (χ0n) is 12.0. The first kappa shape index (κ1) is 16.5. The molecule has 0 aliphatic rings. The standard InChI is InChI=1S/C17H21NO.ClH/c1-3-19-17-11-9-15(10-12-17)13-18-14(2)16-7-5-4-6-8-16;/h4-12,14,18H,3,13H2,1-2H3;1H. The van der Waals surface area contributed by atoms with Gasteiger partial charge in [0.25, 0.3) is 0 Å². The number of benzene rings is 2. The highest BCUT2D eigenvalue weighted by molar-refractivity contribution is 5.85. The molecule has 0 amide bonds. The van der Waals surface area contributed by atoms with E-state index in [9.17, 15) is 0 Å². The maximum absolute atomic E-state index is 5.44. The number of ether oxygens (including phenoxy) is 1. The minimum atomic E-state index is 0. The quantitative estimate of drug-likeness (QED) is 0.854. The molecule has 1 N–H and O–H groups in total. The third-order valence-corrected chi connectivity index (χ3v) is 3.15. The van der Waals surface area contributed by atoms with Crippen molar-refractivity contribution in [2.45, 2.75) is 26.4 Å². The highest BCUT2D eigenvalue weighted by Gasteiger charge is 2.03. The Morgan fingerprint density at radius 1 is 1.00 bits per heavy atom. The summed E-state index contributed by atoms with van der Waals surface area (Å²) in [6.45, 7) is 5.76. The van der Waals surface area contributed by atoms with Gasteiger partial charge in [0, 0.05) is 12.6 Å². The summed E-state index contributed by atoms with van der Waals surface area (Å²) in [6, 6.07) is 19.1. The van der Waals surface area contributed by atoms with E-state index in [1.54, 1.807) is 0 Å². The fraction of sp³-hybridized carbons (Fsp3) is 0.294. The van der Waals surface area contributed by atoms with Crippen LogP contribution in [0.2, 0.25) is 0 Å². The molecule has 2 nitrogen and oxygen atoms in total. The van der Waals surface area contributed by atoms with E-state index in [1.807, 2.05) is 25.1 Å². The van der Waals surface area contributed by atoms with Crippen molar-refractivity contribution in [3.8, 4) is 5.75 Å². The molecule has 0 saturated carbocycles. The molecule has 108 valence electrons. The predicted molar refractivity (Wildman–Crippen MR) is 86.6 cm³/mol. The summed E-state index contributed by atoms with van der Waals surface area (Å²) in [5.74, 6) is 0.933. The van der Waals surface area contributed by atoms with Gasteiger partial charge in [-0.15, -0.1) is 12.4 Å². The van der Waals surface area contributed by atoms with Crippen LogP contribution >= 0.6 is 12.4 Å². The van der Waals surface area contributed by atoms with Crippen molar-refractivity contribution < 1.29 is 4.74 Å². The molecular formula is C17H22ClNO.